The second-order valence-electron chi connectivity index (χ2n) is 6.41. The van der Waals surface area contributed by atoms with Crippen LogP contribution in [-0.2, 0) is 6.42 Å². The number of hydrogen-bond acceptors (Lipinski definition) is 0. The molecule has 0 atom stereocenters. The minimum absolute atomic E-state index is 0.457. The van der Waals surface area contributed by atoms with Gasteiger partial charge >= 0.3 is 0 Å². The van der Waals surface area contributed by atoms with Crippen molar-refractivity contribution in [3.8, 4) is 0 Å². The average Bonchev–Trinajstić information content (AvgIpc) is 2.48. The first-order valence-corrected chi connectivity index (χ1v) is 8.09. The molecule has 2 heteroatoms. The predicted molar refractivity (Wildman–Crippen MR) is 79.7 cm³/mol. The number of halogens is 2. The molecule has 1 aliphatic rings. The highest BCUT2D eigenvalue weighted by Crippen LogP contribution is 2.44. The second kappa shape index (κ2) is 7.19. The molecule has 0 radical (unpaired) electrons. The SMILES string of the molecule is CCCCC1(CCc2ccc(F)c(F)c2)CCCCC1. The molecule has 0 bridgehead atoms. The number of rotatable bonds is 6. The average molecular weight is 280 g/mol. The van der Waals surface area contributed by atoms with Crippen molar-refractivity contribution >= 4 is 0 Å². The lowest BCUT2D eigenvalue weighted by Gasteiger charge is -2.38. The van der Waals surface area contributed by atoms with Gasteiger partial charge in [-0.05, 0) is 55.2 Å². The Balaban J connectivity index is 1.98. The zero-order valence-corrected chi connectivity index (χ0v) is 12.6. The minimum Gasteiger partial charge on any atom is -0.204 e. The topological polar surface area (TPSA) is 0 Å². The van der Waals surface area contributed by atoms with Gasteiger partial charge in [-0.1, -0.05) is 45.1 Å². The number of benzene rings is 1. The first-order chi connectivity index (χ1) is 9.65. The summed E-state index contributed by atoms with van der Waals surface area (Å²) in [6.07, 6.45) is 12.5. The molecule has 2 rings (SSSR count). The van der Waals surface area contributed by atoms with E-state index in [-0.39, 0.29) is 0 Å². The first-order valence-electron chi connectivity index (χ1n) is 8.09. The van der Waals surface area contributed by atoms with E-state index in [0.717, 1.165) is 18.4 Å². The van der Waals surface area contributed by atoms with Gasteiger partial charge in [0.15, 0.2) is 11.6 Å². The van der Waals surface area contributed by atoms with Gasteiger partial charge in [0.25, 0.3) is 0 Å². The third kappa shape index (κ3) is 4.04. The lowest BCUT2D eigenvalue weighted by atomic mass is 9.68. The molecule has 1 aromatic carbocycles. The van der Waals surface area contributed by atoms with Crippen molar-refractivity contribution in [2.45, 2.75) is 71.1 Å². The lowest BCUT2D eigenvalue weighted by molar-refractivity contribution is 0.153. The minimum atomic E-state index is -0.743. The highest BCUT2D eigenvalue weighted by molar-refractivity contribution is 5.18. The summed E-state index contributed by atoms with van der Waals surface area (Å²) in [4.78, 5) is 0. The van der Waals surface area contributed by atoms with Gasteiger partial charge in [-0.3, -0.25) is 0 Å². The van der Waals surface area contributed by atoms with E-state index in [1.807, 2.05) is 0 Å². The van der Waals surface area contributed by atoms with Crippen molar-refractivity contribution in [1.29, 1.82) is 0 Å². The van der Waals surface area contributed by atoms with E-state index in [1.165, 1.54) is 63.5 Å². The highest BCUT2D eigenvalue weighted by Gasteiger charge is 2.30. The molecule has 20 heavy (non-hydrogen) atoms. The van der Waals surface area contributed by atoms with E-state index >= 15 is 0 Å². The third-order valence-electron chi connectivity index (χ3n) is 4.90. The molecule has 0 nitrogen and oxygen atoms in total. The molecule has 0 unspecified atom stereocenters. The molecule has 1 aliphatic carbocycles. The van der Waals surface area contributed by atoms with Crippen molar-refractivity contribution in [1.82, 2.24) is 0 Å². The Kier molecular flexibility index (Phi) is 5.56. The van der Waals surface area contributed by atoms with Crippen LogP contribution in [0.15, 0.2) is 18.2 Å². The summed E-state index contributed by atoms with van der Waals surface area (Å²) in [5.74, 6) is -1.46. The summed E-state index contributed by atoms with van der Waals surface area (Å²) in [5, 5.41) is 0. The lowest BCUT2D eigenvalue weighted by Crippen LogP contribution is -2.25. The monoisotopic (exact) mass is 280 g/mol. The summed E-state index contributed by atoms with van der Waals surface area (Å²) in [7, 11) is 0. The summed E-state index contributed by atoms with van der Waals surface area (Å²) in [5.41, 5.74) is 1.39. The van der Waals surface area contributed by atoms with E-state index in [2.05, 4.69) is 6.92 Å². The Bertz CT molecular complexity index is 419. The summed E-state index contributed by atoms with van der Waals surface area (Å²) < 4.78 is 26.2. The fourth-order valence-electron chi connectivity index (χ4n) is 3.58. The summed E-state index contributed by atoms with van der Waals surface area (Å²) in [6.45, 7) is 2.24. The van der Waals surface area contributed by atoms with Crippen molar-refractivity contribution in [3.63, 3.8) is 0 Å². The quantitative estimate of drug-likeness (QED) is 0.596. The van der Waals surface area contributed by atoms with E-state index in [0.29, 0.717) is 5.41 Å². The maximum Gasteiger partial charge on any atom is 0.159 e. The standard InChI is InChI=1S/C18H26F2/c1-2-3-10-18(11-5-4-6-12-18)13-9-15-7-8-16(19)17(20)14-15/h7-8,14H,2-6,9-13H2,1H3. The number of unbranched alkanes of at least 4 members (excludes halogenated alkanes) is 1. The molecule has 0 aromatic heterocycles. The molecule has 0 N–H and O–H groups in total. The summed E-state index contributed by atoms with van der Waals surface area (Å²) >= 11 is 0. The summed E-state index contributed by atoms with van der Waals surface area (Å²) in [6, 6.07) is 4.35. The van der Waals surface area contributed by atoms with Gasteiger partial charge in [0.1, 0.15) is 0 Å². The normalized spacial score (nSPS) is 18.1. The van der Waals surface area contributed by atoms with E-state index in [4.69, 9.17) is 0 Å². The predicted octanol–water partition coefficient (Wildman–Crippen LogP) is 6.04. The van der Waals surface area contributed by atoms with Crippen molar-refractivity contribution < 1.29 is 8.78 Å². The Hall–Kier alpha value is -0.920. The highest BCUT2D eigenvalue weighted by atomic mass is 19.2. The fourth-order valence-corrected chi connectivity index (χ4v) is 3.58. The van der Waals surface area contributed by atoms with Crippen LogP contribution in [0.4, 0.5) is 8.78 Å². The molecule has 0 amide bonds. The molecule has 112 valence electrons. The van der Waals surface area contributed by atoms with Crippen LogP contribution in [-0.4, -0.2) is 0 Å². The zero-order valence-electron chi connectivity index (χ0n) is 12.6. The van der Waals surface area contributed by atoms with Crippen LogP contribution in [0.2, 0.25) is 0 Å². The van der Waals surface area contributed by atoms with Gasteiger partial charge in [0.05, 0.1) is 0 Å². The van der Waals surface area contributed by atoms with E-state index in [9.17, 15) is 8.78 Å². The van der Waals surface area contributed by atoms with Gasteiger partial charge in [0.2, 0.25) is 0 Å². The van der Waals surface area contributed by atoms with Crippen molar-refractivity contribution in [2.75, 3.05) is 0 Å². The molecule has 0 heterocycles. The Labute approximate surface area is 121 Å². The molecule has 0 spiro atoms. The van der Waals surface area contributed by atoms with Crippen LogP contribution in [0, 0.1) is 17.0 Å². The number of aryl methyl sites for hydroxylation is 1. The Morgan fingerprint density at radius 2 is 1.75 bits per heavy atom. The van der Waals surface area contributed by atoms with E-state index in [1.54, 1.807) is 6.07 Å². The van der Waals surface area contributed by atoms with Gasteiger partial charge in [0, 0.05) is 0 Å². The smallest absolute Gasteiger partial charge is 0.159 e. The van der Waals surface area contributed by atoms with Crippen LogP contribution in [0.25, 0.3) is 0 Å². The first kappa shape index (κ1) is 15.5. The molecular weight excluding hydrogens is 254 g/mol. The van der Waals surface area contributed by atoms with Gasteiger partial charge in [-0.2, -0.15) is 0 Å². The van der Waals surface area contributed by atoms with Crippen LogP contribution in [0.5, 0.6) is 0 Å². The largest absolute Gasteiger partial charge is 0.204 e. The maximum absolute atomic E-state index is 13.3. The fraction of sp³-hybridized carbons (Fsp3) is 0.667. The van der Waals surface area contributed by atoms with Gasteiger partial charge in [-0.15, -0.1) is 0 Å². The van der Waals surface area contributed by atoms with Crippen LogP contribution >= 0.6 is 0 Å². The molecule has 1 fully saturated rings. The zero-order chi connectivity index (χ0) is 14.4. The van der Waals surface area contributed by atoms with Crippen LogP contribution in [0.1, 0.15) is 70.3 Å². The van der Waals surface area contributed by atoms with Crippen LogP contribution < -0.4 is 0 Å². The Morgan fingerprint density at radius 1 is 1.00 bits per heavy atom. The maximum atomic E-state index is 13.3. The number of hydrogen-bond donors (Lipinski definition) is 0. The Morgan fingerprint density at radius 3 is 2.40 bits per heavy atom. The molecule has 1 aromatic rings. The van der Waals surface area contributed by atoms with Gasteiger partial charge < -0.3 is 0 Å². The van der Waals surface area contributed by atoms with Crippen molar-refractivity contribution in [2.24, 2.45) is 5.41 Å². The van der Waals surface area contributed by atoms with Gasteiger partial charge in [-0.25, -0.2) is 8.78 Å². The molecule has 1 saturated carbocycles. The third-order valence-corrected chi connectivity index (χ3v) is 4.90. The molecular formula is C18H26F2. The molecule has 0 saturated heterocycles. The van der Waals surface area contributed by atoms with E-state index < -0.39 is 11.6 Å². The second-order valence-corrected chi connectivity index (χ2v) is 6.41. The molecule has 0 aliphatic heterocycles. The van der Waals surface area contributed by atoms with Crippen molar-refractivity contribution in [3.05, 3.63) is 35.4 Å². The van der Waals surface area contributed by atoms with Crippen LogP contribution in [0.3, 0.4) is 0 Å².